The zero-order valence-corrected chi connectivity index (χ0v) is 12.1. The number of amides is 1. The van der Waals surface area contributed by atoms with Gasteiger partial charge in [-0.1, -0.05) is 18.2 Å². The van der Waals surface area contributed by atoms with Gasteiger partial charge in [0.25, 0.3) is 11.7 Å². The minimum absolute atomic E-state index is 0.0388. The van der Waals surface area contributed by atoms with Crippen LogP contribution in [0.5, 0.6) is 5.75 Å². The predicted octanol–water partition coefficient (Wildman–Crippen LogP) is 2.26. The molecule has 2 N–H and O–H groups in total. The minimum atomic E-state index is -4.91. The largest absolute Gasteiger partial charge is 0.484 e. The first-order valence-corrected chi connectivity index (χ1v) is 6.94. The molecule has 0 fully saturated rings. The number of alkyl halides is 3. The number of allylic oxidation sites excluding steroid dienone is 2. The van der Waals surface area contributed by atoms with E-state index in [1.165, 1.54) is 0 Å². The van der Waals surface area contributed by atoms with Gasteiger partial charge in [-0.15, -0.1) is 0 Å². The molecule has 1 aromatic carbocycles. The van der Waals surface area contributed by atoms with Gasteiger partial charge in [0.15, 0.2) is 6.61 Å². The Bertz CT molecular complexity index is 612. The van der Waals surface area contributed by atoms with Crippen LogP contribution >= 0.6 is 0 Å². The summed E-state index contributed by atoms with van der Waals surface area (Å²) < 4.78 is 42.6. The van der Waals surface area contributed by atoms with Gasteiger partial charge in [0.2, 0.25) is 0 Å². The monoisotopic (exact) mass is 328 g/mol. The van der Waals surface area contributed by atoms with Crippen LogP contribution in [-0.4, -0.2) is 24.5 Å². The van der Waals surface area contributed by atoms with E-state index < -0.39 is 17.9 Å². The number of hydrazine groups is 1. The normalized spacial score (nSPS) is 14.6. The van der Waals surface area contributed by atoms with Crippen LogP contribution in [0.1, 0.15) is 19.3 Å². The van der Waals surface area contributed by atoms with Gasteiger partial charge in [-0.05, 0) is 31.4 Å². The van der Waals surface area contributed by atoms with Gasteiger partial charge in [-0.3, -0.25) is 15.0 Å². The number of hydrogen-bond acceptors (Lipinski definition) is 4. The number of halogens is 3. The zero-order valence-electron chi connectivity index (χ0n) is 12.1. The van der Waals surface area contributed by atoms with Gasteiger partial charge in [-0.25, -0.2) is 0 Å². The summed E-state index contributed by atoms with van der Waals surface area (Å²) in [5.41, 5.74) is 4.41. The summed E-state index contributed by atoms with van der Waals surface area (Å²) in [6, 6.07) is 8.61. The SMILES string of the molecule is O=C(COc1ccccc1)NNC1=C(C(=O)C(F)(F)F)CCC1. The Labute approximate surface area is 130 Å². The highest BCUT2D eigenvalue weighted by Crippen LogP contribution is 2.30. The highest BCUT2D eigenvalue weighted by Gasteiger charge is 2.42. The maximum atomic E-state index is 12.5. The van der Waals surface area contributed by atoms with E-state index in [0.717, 1.165) is 0 Å². The smallest absolute Gasteiger partial charge is 0.454 e. The Kier molecular flexibility index (Phi) is 5.25. The molecule has 0 bridgehead atoms. The fourth-order valence-corrected chi connectivity index (χ4v) is 2.15. The van der Waals surface area contributed by atoms with Crippen molar-refractivity contribution in [3.8, 4) is 5.75 Å². The second kappa shape index (κ2) is 7.17. The molecule has 2 rings (SSSR count). The van der Waals surface area contributed by atoms with E-state index in [0.29, 0.717) is 12.2 Å². The van der Waals surface area contributed by atoms with E-state index in [1.807, 2.05) is 0 Å². The second-order valence-corrected chi connectivity index (χ2v) is 4.91. The Morgan fingerprint density at radius 2 is 1.83 bits per heavy atom. The van der Waals surface area contributed by atoms with Gasteiger partial charge in [-0.2, -0.15) is 13.2 Å². The molecule has 0 atom stereocenters. The quantitative estimate of drug-likeness (QED) is 0.786. The molecule has 8 heteroatoms. The summed E-state index contributed by atoms with van der Waals surface area (Å²) >= 11 is 0. The number of benzene rings is 1. The van der Waals surface area contributed by atoms with E-state index in [9.17, 15) is 22.8 Å². The highest BCUT2D eigenvalue weighted by molar-refractivity contribution is 6.00. The van der Waals surface area contributed by atoms with Crippen LogP contribution in [0.4, 0.5) is 13.2 Å². The molecule has 0 aromatic heterocycles. The summed E-state index contributed by atoms with van der Waals surface area (Å²) in [7, 11) is 0. The average molecular weight is 328 g/mol. The molecule has 0 unspecified atom stereocenters. The molecule has 0 saturated carbocycles. The van der Waals surface area contributed by atoms with Gasteiger partial charge in [0.05, 0.1) is 0 Å². The summed E-state index contributed by atoms with van der Waals surface area (Å²) in [6.45, 7) is -0.299. The molecule has 1 amide bonds. The molecule has 5 nitrogen and oxygen atoms in total. The highest BCUT2D eigenvalue weighted by atomic mass is 19.4. The number of Topliss-reactive ketones (excluding diaryl/α,β-unsaturated/α-hetero) is 1. The molecule has 1 aliphatic carbocycles. The van der Waals surface area contributed by atoms with Gasteiger partial charge < -0.3 is 10.2 Å². The van der Waals surface area contributed by atoms with Crippen molar-refractivity contribution in [1.82, 2.24) is 10.9 Å². The van der Waals surface area contributed by atoms with Crippen molar-refractivity contribution in [3.63, 3.8) is 0 Å². The molecule has 23 heavy (non-hydrogen) atoms. The maximum absolute atomic E-state index is 12.5. The van der Waals surface area contributed by atoms with E-state index >= 15 is 0 Å². The molecule has 0 heterocycles. The van der Waals surface area contributed by atoms with Crippen LogP contribution in [0, 0.1) is 0 Å². The lowest BCUT2D eigenvalue weighted by molar-refractivity contribution is -0.166. The second-order valence-electron chi connectivity index (χ2n) is 4.91. The standard InChI is InChI=1S/C15H15F3N2O3/c16-15(17,18)14(22)11-7-4-8-12(11)19-20-13(21)9-23-10-5-2-1-3-6-10/h1-3,5-6,19H,4,7-9H2,(H,20,21). The van der Waals surface area contributed by atoms with Crippen LogP contribution < -0.4 is 15.6 Å². The van der Waals surface area contributed by atoms with Gasteiger partial charge in [0, 0.05) is 11.3 Å². The summed E-state index contributed by atoms with van der Waals surface area (Å²) in [6.07, 6.45) is -4.17. The molecule has 124 valence electrons. The fraction of sp³-hybridized carbons (Fsp3) is 0.333. The van der Waals surface area contributed by atoms with E-state index in [4.69, 9.17) is 4.74 Å². The van der Waals surface area contributed by atoms with E-state index in [2.05, 4.69) is 10.9 Å². The van der Waals surface area contributed by atoms with Crippen LogP contribution in [0.3, 0.4) is 0 Å². The predicted molar refractivity (Wildman–Crippen MR) is 75.2 cm³/mol. The molecule has 1 aromatic rings. The van der Waals surface area contributed by atoms with Crippen molar-refractivity contribution in [2.24, 2.45) is 0 Å². The first kappa shape index (κ1) is 16.9. The lowest BCUT2D eigenvalue weighted by atomic mass is 10.1. The molecule has 0 spiro atoms. The van der Waals surface area contributed by atoms with Crippen molar-refractivity contribution >= 4 is 11.7 Å². The topological polar surface area (TPSA) is 67.4 Å². The number of hydrogen-bond donors (Lipinski definition) is 2. The number of ether oxygens (including phenoxy) is 1. The van der Waals surface area contributed by atoms with Crippen LogP contribution in [-0.2, 0) is 9.59 Å². The summed E-state index contributed by atoms with van der Waals surface area (Å²) in [5.74, 6) is -1.94. The third kappa shape index (κ3) is 4.73. The van der Waals surface area contributed by atoms with Crippen molar-refractivity contribution in [2.75, 3.05) is 6.61 Å². The lowest BCUT2D eigenvalue weighted by Crippen LogP contribution is -2.40. The number of carbonyl (C=O) groups excluding carboxylic acids is 2. The van der Waals surface area contributed by atoms with Gasteiger partial charge in [0.1, 0.15) is 5.75 Å². The van der Waals surface area contributed by atoms with Crippen LogP contribution in [0.25, 0.3) is 0 Å². The van der Waals surface area contributed by atoms with E-state index in [-0.39, 0.29) is 30.7 Å². The third-order valence-corrected chi connectivity index (χ3v) is 3.22. The molecule has 0 aliphatic heterocycles. The fourth-order valence-electron chi connectivity index (χ4n) is 2.15. The number of para-hydroxylation sites is 1. The van der Waals surface area contributed by atoms with Crippen molar-refractivity contribution in [1.29, 1.82) is 0 Å². The number of ketones is 1. The van der Waals surface area contributed by atoms with Crippen molar-refractivity contribution < 1.29 is 27.5 Å². The Balaban J connectivity index is 1.86. The first-order chi connectivity index (χ1) is 10.9. The number of nitrogens with one attached hydrogen (secondary N) is 2. The molecular formula is C15H15F3N2O3. The maximum Gasteiger partial charge on any atom is 0.454 e. The number of carbonyl (C=O) groups is 2. The van der Waals surface area contributed by atoms with Gasteiger partial charge >= 0.3 is 6.18 Å². The first-order valence-electron chi connectivity index (χ1n) is 6.94. The molecular weight excluding hydrogens is 313 g/mol. The van der Waals surface area contributed by atoms with Crippen LogP contribution in [0.2, 0.25) is 0 Å². The lowest BCUT2D eigenvalue weighted by Gasteiger charge is -2.13. The van der Waals surface area contributed by atoms with Crippen LogP contribution in [0.15, 0.2) is 41.6 Å². The molecule has 1 aliphatic rings. The zero-order chi connectivity index (χ0) is 16.9. The molecule has 0 radical (unpaired) electrons. The Morgan fingerprint density at radius 3 is 2.48 bits per heavy atom. The third-order valence-electron chi connectivity index (χ3n) is 3.22. The number of rotatable bonds is 6. The molecule has 0 saturated heterocycles. The Morgan fingerprint density at radius 1 is 1.13 bits per heavy atom. The average Bonchev–Trinajstić information content (AvgIpc) is 2.98. The van der Waals surface area contributed by atoms with Crippen molar-refractivity contribution in [3.05, 3.63) is 41.6 Å². The van der Waals surface area contributed by atoms with Crippen molar-refractivity contribution in [2.45, 2.75) is 25.4 Å². The minimum Gasteiger partial charge on any atom is -0.484 e. The summed E-state index contributed by atoms with van der Waals surface area (Å²) in [5, 5.41) is 0. The summed E-state index contributed by atoms with van der Waals surface area (Å²) in [4.78, 5) is 22.9. The van der Waals surface area contributed by atoms with E-state index in [1.54, 1.807) is 30.3 Å². The Hall–Kier alpha value is -2.51.